The van der Waals surface area contributed by atoms with Gasteiger partial charge in [-0.15, -0.1) is 0 Å². The van der Waals surface area contributed by atoms with E-state index in [2.05, 4.69) is 19.1 Å². The highest BCUT2D eigenvalue weighted by molar-refractivity contribution is 5.01. The van der Waals surface area contributed by atoms with E-state index in [1.165, 1.54) is 0 Å². The normalized spacial score (nSPS) is 34.9. The number of imidazole rings is 2. The summed E-state index contributed by atoms with van der Waals surface area (Å²) >= 11 is 0. The standard InChI is InChI=1S/C12H14N4O2/c1-3-15(7-13-1)9-5-17-12-10(6-18-11(9)12)16-4-2-14-8-16/h1-4,7-12H,5-6H2/t9-,10-,11+,12+/m0/s1. The lowest BCUT2D eigenvalue weighted by Gasteiger charge is -2.17. The molecule has 4 rings (SSSR count). The predicted octanol–water partition coefficient (Wildman–Crippen LogP) is 0.660. The van der Waals surface area contributed by atoms with Crippen molar-refractivity contribution in [2.45, 2.75) is 24.3 Å². The maximum Gasteiger partial charge on any atom is 0.109 e. The zero-order valence-electron chi connectivity index (χ0n) is 9.79. The van der Waals surface area contributed by atoms with Gasteiger partial charge >= 0.3 is 0 Å². The molecule has 0 radical (unpaired) electrons. The SMILES string of the molecule is c1cn([C@H]2CO[C@H]3[C@@H]2OC[C@@H]3n2ccnc2)cn1. The Hall–Kier alpha value is -1.66. The van der Waals surface area contributed by atoms with Crippen molar-refractivity contribution in [3.05, 3.63) is 37.4 Å². The fraction of sp³-hybridized carbons (Fsp3) is 0.500. The molecule has 2 aliphatic heterocycles. The van der Waals surface area contributed by atoms with Gasteiger partial charge < -0.3 is 18.6 Å². The first-order valence-electron chi connectivity index (χ1n) is 6.11. The largest absolute Gasteiger partial charge is 0.371 e. The maximum atomic E-state index is 5.93. The molecule has 6 heteroatoms. The van der Waals surface area contributed by atoms with Crippen molar-refractivity contribution < 1.29 is 9.47 Å². The Morgan fingerprint density at radius 1 is 0.833 bits per heavy atom. The van der Waals surface area contributed by atoms with Gasteiger partial charge in [-0.2, -0.15) is 0 Å². The molecule has 2 aromatic rings. The van der Waals surface area contributed by atoms with Gasteiger partial charge in [-0.1, -0.05) is 0 Å². The zero-order chi connectivity index (χ0) is 11.9. The second kappa shape index (κ2) is 3.93. The molecule has 4 atom stereocenters. The average Bonchev–Trinajstić information content (AvgIpc) is 3.14. The summed E-state index contributed by atoms with van der Waals surface area (Å²) in [6.07, 6.45) is 11.4. The predicted molar refractivity (Wildman–Crippen MR) is 62.0 cm³/mol. The van der Waals surface area contributed by atoms with E-state index in [-0.39, 0.29) is 24.3 Å². The molecular weight excluding hydrogens is 232 g/mol. The second-order valence-electron chi connectivity index (χ2n) is 4.75. The Labute approximate surface area is 104 Å². The van der Waals surface area contributed by atoms with Crippen LogP contribution in [-0.2, 0) is 9.47 Å². The molecule has 2 saturated heterocycles. The first kappa shape index (κ1) is 10.3. The average molecular weight is 246 g/mol. The van der Waals surface area contributed by atoms with Gasteiger partial charge in [-0.25, -0.2) is 9.97 Å². The zero-order valence-corrected chi connectivity index (χ0v) is 9.79. The molecule has 6 nitrogen and oxygen atoms in total. The van der Waals surface area contributed by atoms with Crippen LogP contribution in [0.25, 0.3) is 0 Å². The van der Waals surface area contributed by atoms with E-state index >= 15 is 0 Å². The molecule has 0 amide bonds. The lowest BCUT2D eigenvalue weighted by molar-refractivity contribution is 0.0618. The smallest absolute Gasteiger partial charge is 0.109 e. The Morgan fingerprint density at radius 3 is 1.72 bits per heavy atom. The molecule has 0 aliphatic carbocycles. The van der Waals surface area contributed by atoms with E-state index < -0.39 is 0 Å². The minimum absolute atomic E-state index is 0.103. The molecule has 18 heavy (non-hydrogen) atoms. The van der Waals surface area contributed by atoms with Crippen molar-refractivity contribution in [1.29, 1.82) is 0 Å². The summed E-state index contributed by atoms with van der Waals surface area (Å²) in [5.74, 6) is 0. The third-order valence-electron chi connectivity index (χ3n) is 3.82. The molecule has 94 valence electrons. The quantitative estimate of drug-likeness (QED) is 0.781. The van der Waals surface area contributed by atoms with Crippen molar-refractivity contribution in [1.82, 2.24) is 19.1 Å². The Bertz CT molecular complexity index is 462. The van der Waals surface area contributed by atoms with Crippen LogP contribution in [0, 0.1) is 0 Å². The van der Waals surface area contributed by atoms with Crippen LogP contribution >= 0.6 is 0 Å². The van der Waals surface area contributed by atoms with Crippen molar-refractivity contribution >= 4 is 0 Å². The van der Waals surface area contributed by atoms with Crippen molar-refractivity contribution in [3.8, 4) is 0 Å². The van der Waals surface area contributed by atoms with Gasteiger partial charge in [-0.3, -0.25) is 0 Å². The molecule has 0 bridgehead atoms. The van der Waals surface area contributed by atoms with Gasteiger partial charge in [0.1, 0.15) is 12.2 Å². The number of rotatable bonds is 2. The number of hydrogen-bond donors (Lipinski definition) is 0. The highest BCUT2D eigenvalue weighted by Crippen LogP contribution is 2.39. The molecule has 0 spiro atoms. The van der Waals surface area contributed by atoms with Gasteiger partial charge in [0.05, 0.1) is 38.0 Å². The summed E-state index contributed by atoms with van der Waals surface area (Å²) in [6.45, 7) is 1.35. The number of nitrogens with zero attached hydrogens (tertiary/aromatic N) is 4. The van der Waals surface area contributed by atoms with E-state index in [0.717, 1.165) is 0 Å². The van der Waals surface area contributed by atoms with E-state index in [1.54, 1.807) is 12.4 Å². The van der Waals surface area contributed by atoms with Crippen LogP contribution in [0.15, 0.2) is 37.4 Å². The molecule has 0 unspecified atom stereocenters. The summed E-state index contributed by atoms with van der Waals surface area (Å²) < 4.78 is 16.0. The summed E-state index contributed by atoms with van der Waals surface area (Å²) in [5, 5.41) is 0. The van der Waals surface area contributed by atoms with E-state index in [9.17, 15) is 0 Å². The first-order chi connectivity index (χ1) is 8.93. The minimum Gasteiger partial charge on any atom is -0.371 e. The second-order valence-corrected chi connectivity index (χ2v) is 4.75. The summed E-state index contributed by atoms with van der Waals surface area (Å²) in [6, 6.07) is 0.456. The van der Waals surface area contributed by atoms with E-state index in [4.69, 9.17) is 9.47 Å². The van der Waals surface area contributed by atoms with Gasteiger partial charge in [0, 0.05) is 24.8 Å². The summed E-state index contributed by atoms with van der Waals surface area (Å²) in [4.78, 5) is 8.17. The summed E-state index contributed by atoms with van der Waals surface area (Å²) in [7, 11) is 0. The summed E-state index contributed by atoms with van der Waals surface area (Å²) in [5.41, 5.74) is 0. The van der Waals surface area contributed by atoms with Gasteiger partial charge in [0.25, 0.3) is 0 Å². The van der Waals surface area contributed by atoms with Crippen LogP contribution in [-0.4, -0.2) is 44.5 Å². The molecule has 0 N–H and O–H groups in total. The highest BCUT2D eigenvalue weighted by Gasteiger charge is 2.48. The molecule has 2 aliphatic rings. The molecule has 0 aromatic carbocycles. The number of aromatic nitrogens is 4. The monoisotopic (exact) mass is 246 g/mol. The van der Waals surface area contributed by atoms with E-state index in [0.29, 0.717) is 13.2 Å². The first-order valence-corrected chi connectivity index (χ1v) is 6.11. The lowest BCUT2D eigenvalue weighted by Crippen LogP contribution is -2.28. The maximum absolute atomic E-state index is 5.93. The van der Waals surface area contributed by atoms with Crippen LogP contribution in [0.5, 0.6) is 0 Å². The van der Waals surface area contributed by atoms with Crippen LogP contribution in [0.4, 0.5) is 0 Å². The van der Waals surface area contributed by atoms with Crippen LogP contribution in [0.1, 0.15) is 12.1 Å². The van der Waals surface area contributed by atoms with Crippen molar-refractivity contribution in [3.63, 3.8) is 0 Å². The molecular formula is C12H14N4O2. The topological polar surface area (TPSA) is 54.1 Å². The number of hydrogen-bond acceptors (Lipinski definition) is 4. The molecule has 2 aromatic heterocycles. The van der Waals surface area contributed by atoms with Crippen LogP contribution in [0.3, 0.4) is 0 Å². The van der Waals surface area contributed by atoms with Gasteiger partial charge in [-0.05, 0) is 0 Å². The molecule has 2 fully saturated rings. The van der Waals surface area contributed by atoms with Gasteiger partial charge in [0.15, 0.2) is 0 Å². The Kier molecular flexibility index (Phi) is 2.24. The van der Waals surface area contributed by atoms with E-state index in [1.807, 2.05) is 25.0 Å². The number of fused-ring (bicyclic) bond motifs is 1. The van der Waals surface area contributed by atoms with Crippen LogP contribution < -0.4 is 0 Å². The third kappa shape index (κ3) is 1.42. The Morgan fingerprint density at radius 2 is 1.33 bits per heavy atom. The Balaban J connectivity index is 1.59. The number of ether oxygens (including phenoxy) is 2. The fourth-order valence-corrected chi connectivity index (χ4v) is 2.90. The third-order valence-corrected chi connectivity index (χ3v) is 3.82. The minimum atomic E-state index is 0.103. The highest BCUT2D eigenvalue weighted by atomic mass is 16.6. The van der Waals surface area contributed by atoms with Crippen LogP contribution in [0.2, 0.25) is 0 Å². The van der Waals surface area contributed by atoms with Crippen molar-refractivity contribution in [2.24, 2.45) is 0 Å². The fourth-order valence-electron chi connectivity index (χ4n) is 2.90. The van der Waals surface area contributed by atoms with Gasteiger partial charge in [0.2, 0.25) is 0 Å². The molecule has 0 saturated carbocycles. The molecule has 4 heterocycles. The van der Waals surface area contributed by atoms with Crippen molar-refractivity contribution in [2.75, 3.05) is 13.2 Å². The lowest BCUT2D eigenvalue weighted by atomic mass is 10.1.